The van der Waals surface area contributed by atoms with E-state index in [0.717, 1.165) is 10.2 Å². The molecule has 0 fully saturated rings. The van der Waals surface area contributed by atoms with Crippen molar-refractivity contribution < 1.29 is 14.3 Å². The molecule has 1 amide bonds. The van der Waals surface area contributed by atoms with Crippen molar-refractivity contribution in [3.8, 4) is 11.5 Å². The molecule has 0 aliphatic carbocycles. The predicted molar refractivity (Wildman–Crippen MR) is 87.1 cm³/mol. The number of nitrogens with zero attached hydrogens (tertiary/aromatic N) is 1. The summed E-state index contributed by atoms with van der Waals surface area (Å²) in [4.78, 5) is 16.7. The van der Waals surface area contributed by atoms with E-state index in [0.29, 0.717) is 22.7 Å². The zero-order valence-electron chi connectivity index (χ0n) is 12.1. The Bertz CT molecular complexity index is 829. The molecule has 1 aromatic heterocycles. The molecule has 5 nitrogen and oxygen atoms in total. The molecule has 6 heteroatoms. The number of ether oxygens (including phenoxy) is 2. The Balaban J connectivity index is 1.90. The molecule has 0 atom stereocenters. The molecule has 0 radical (unpaired) electrons. The molecule has 1 N–H and O–H groups in total. The minimum atomic E-state index is -0.259. The highest BCUT2D eigenvalue weighted by Gasteiger charge is 2.14. The van der Waals surface area contributed by atoms with Crippen molar-refractivity contribution in [1.29, 1.82) is 0 Å². The Labute approximate surface area is 131 Å². The van der Waals surface area contributed by atoms with Crippen LogP contribution in [-0.2, 0) is 0 Å². The highest BCUT2D eigenvalue weighted by atomic mass is 32.1. The fourth-order valence-corrected chi connectivity index (χ4v) is 2.78. The summed E-state index contributed by atoms with van der Waals surface area (Å²) in [5, 5.41) is 2.86. The minimum Gasteiger partial charge on any atom is -0.497 e. The van der Waals surface area contributed by atoms with Crippen molar-refractivity contribution in [1.82, 2.24) is 4.98 Å². The number of nitrogens with one attached hydrogen (secondary N) is 1. The number of carbonyl (C=O) groups excluding carboxylic acids is 1. The summed E-state index contributed by atoms with van der Waals surface area (Å²) in [5.41, 5.74) is 3.75. The lowest BCUT2D eigenvalue weighted by atomic mass is 10.1. The third-order valence-electron chi connectivity index (χ3n) is 3.24. The van der Waals surface area contributed by atoms with E-state index < -0.39 is 0 Å². The van der Waals surface area contributed by atoms with Gasteiger partial charge in [-0.25, -0.2) is 4.98 Å². The highest BCUT2D eigenvalue weighted by molar-refractivity contribution is 7.16. The van der Waals surface area contributed by atoms with Crippen LogP contribution in [0, 0.1) is 0 Å². The summed E-state index contributed by atoms with van der Waals surface area (Å²) < 4.78 is 11.5. The molecule has 0 saturated carbocycles. The number of rotatable bonds is 4. The quantitative estimate of drug-likeness (QED) is 0.800. The Morgan fingerprint density at radius 1 is 1.14 bits per heavy atom. The van der Waals surface area contributed by atoms with Crippen LogP contribution in [0.3, 0.4) is 0 Å². The van der Waals surface area contributed by atoms with Gasteiger partial charge >= 0.3 is 0 Å². The molecule has 0 spiro atoms. The number of hydrogen-bond donors (Lipinski definition) is 1. The van der Waals surface area contributed by atoms with Gasteiger partial charge in [0.25, 0.3) is 5.91 Å². The Morgan fingerprint density at radius 2 is 2.00 bits per heavy atom. The molecular weight excluding hydrogens is 300 g/mol. The highest BCUT2D eigenvalue weighted by Crippen LogP contribution is 2.26. The van der Waals surface area contributed by atoms with Crippen LogP contribution in [0.15, 0.2) is 41.9 Å². The molecule has 0 aliphatic heterocycles. The topological polar surface area (TPSA) is 60.5 Å². The van der Waals surface area contributed by atoms with E-state index in [4.69, 9.17) is 9.47 Å². The SMILES string of the molecule is COc1ccc(OC)c(C(=O)Nc2ccc3scnc3c2)c1. The van der Waals surface area contributed by atoms with Gasteiger partial charge < -0.3 is 14.8 Å². The van der Waals surface area contributed by atoms with E-state index in [9.17, 15) is 4.79 Å². The molecule has 112 valence electrons. The zero-order valence-corrected chi connectivity index (χ0v) is 12.9. The summed E-state index contributed by atoms with van der Waals surface area (Å²) in [5.74, 6) is 0.833. The average molecular weight is 314 g/mol. The first-order valence-electron chi connectivity index (χ1n) is 6.58. The van der Waals surface area contributed by atoms with E-state index in [1.54, 1.807) is 42.2 Å². The summed E-state index contributed by atoms with van der Waals surface area (Å²) >= 11 is 1.56. The molecule has 0 saturated heterocycles. The van der Waals surface area contributed by atoms with Crippen LogP contribution in [0.25, 0.3) is 10.2 Å². The number of thiazole rings is 1. The van der Waals surface area contributed by atoms with Crippen LogP contribution in [0.4, 0.5) is 5.69 Å². The first-order valence-corrected chi connectivity index (χ1v) is 7.46. The lowest BCUT2D eigenvalue weighted by Crippen LogP contribution is -2.13. The van der Waals surface area contributed by atoms with Gasteiger partial charge in [0.05, 0.1) is 35.5 Å². The van der Waals surface area contributed by atoms with E-state index in [1.807, 2.05) is 18.2 Å². The number of aromatic nitrogens is 1. The average Bonchev–Trinajstić information content (AvgIpc) is 3.01. The number of hydrogen-bond acceptors (Lipinski definition) is 5. The van der Waals surface area contributed by atoms with E-state index in [1.165, 1.54) is 7.11 Å². The first kappa shape index (κ1) is 14.3. The molecular formula is C16H14N2O3S. The first-order chi connectivity index (χ1) is 10.7. The maximum atomic E-state index is 12.5. The molecule has 0 unspecified atom stereocenters. The summed E-state index contributed by atoms with van der Waals surface area (Å²) in [6.07, 6.45) is 0. The van der Waals surface area contributed by atoms with Crippen LogP contribution >= 0.6 is 11.3 Å². The van der Waals surface area contributed by atoms with Crippen LogP contribution in [-0.4, -0.2) is 25.1 Å². The van der Waals surface area contributed by atoms with Crippen molar-refractivity contribution >= 4 is 33.1 Å². The molecule has 0 aliphatic rings. The number of fused-ring (bicyclic) bond motifs is 1. The van der Waals surface area contributed by atoms with Crippen LogP contribution < -0.4 is 14.8 Å². The number of anilines is 1. The van der Waals surface area contributed by atoms with Crippen molar-refractivity contribution in [3.63, 3.8) is 0 Å². The fraction of sp³-hybridized carbons (Fsp3) is 0.125. The van der Waals surface area contributed by atoms with Crippen molar-refractivity contribution in [2.45, 2.75) is 0 Å². The van der Waals surface area contributed by atoms with Gasteiger partial charge in [0.15, 0.2) is 0 Å². The monoisotopic (exact) mass is 314 g/mol. The van der Waals surface area contributed by atoms with E-state index >= 15 is 0 Å². The lowest BCUT2D eigenvalue weighted by Gasteiger charge is -2.11. The Hall–Kier alpha value is -2.60. The molecule has 3 rings (SSSR count). The largest absolute Gasteiger partial charge is 0.497 e. The van der Waals surface area contributed by atoms with Crippen molar-refractivity contribution in [2.24, 2.45) is 0 Å². The second kappa shape index (κ2) is 6.03. The lowest BCUT2D eigenvalue weighted by molar-refractivity contribution is 0.102. The van der Waals surface area contributed by atoms with Gasteiger partial charge in [-0.1, -0.05) is 0 Å². The van der Waals surface area contributed by atoms with Gasteiger partial charge in [0.2, 0.25) is 0 Å². The normalized spacial score (nSPS) is 10.5. The molecule has 1 heterocycles. The van der Waals surface area contributed by atoms with E-state index in [2.05, 4.69) is 10.3 Å². The van der Waals surface area contributed by atoms with Crippen molar-refractivity contribution in [2.75, 3.05) is 19.5 Å². The third kappa shape index (κ3) is 2.73. The second-order valence-corrected chi connectivity index (χ2v) is 5.44. The maximum absolute atomic E-state index is 12.5. The third-order valence-corrected chi connectivity index (χ3v) is 4.05. The second-order valence-electron chi connectivity index (χ2n) is 4.56. The number of amides is 1. The smallest absolute Gasteiger partial charge is 0.259 e. The summed E-state index contributed by atoms with van der Waals surface area (Å²) in [6.45, 7) is 0. The zero-order chi connectivity index (χ0) is 15.5. The minimum absolute atomic E-state index is 0.259. The molecule has 2 aromatic carbocycles. The van der Waals surface area contributed by atoms with Gasteiger partial charge in [-0.3, -0.25) is 4.79 Å². The molecule has 3 aromatic rings. The standard InChI is InChI=1S/C16H14N2O3S/c1-20-11-4-5-14(21-2)12(8-11)16(19)18-10-3-6-15-13(7-10)17-9-22-15/h3-9H,1-2H3,(H,18,19). The summed E-state index contributed by atoms with van der Waals surface area (Å²) in [6, 6.07) is 10.7. The fourth-order valence-electron chi connectivity index (χ4n) is 2.13. The van der Waals surface area contributed by atoms with Gasteiger partial charge in [0, 0.05) is 5.69 Å². The number of carbonyl (C=O) groups is 1. The summed E-state index contributed by atoms with van der Waals surface area (Å²) in [7, 11) is 3.08. The van der Waals surface area contributed by atoms with Gasteiger partial charge in [-0.15, -0.1) is 11.3 Å². The van der Waals surface area contributed by atoms with Crippen LogP contribution in [0.2, 0.25) is 0 Å². The predicted octanol–water partition coefficient (Wildman–Crippen LogP) is 3.57. The van der Waals surface area contributed by atoms with Crippen LogP contribution in [0.5, 0.6) is 11.5 Å². The Morgan fingerprint density at radius 3 is 2.77 bits per heavy atom. The van der Waals surface area contributed by atoms with Crippen molar-refractivity contribution in [3.05, 3.63) is 47.5 Å². The van der Waals surface area contributed by atoms with Gasteiger partial charge in [0.1, 0.15) is 11.5 Å². The van der Waals surface area contributed by atoms with Crippen LogP contribution in [0.1, 0.15) is 10.4 Å². The number of benzene rings is 2. The molecule has 0 bridgehead atoms. The van der Waals surface area contributed by atoms with Gasteiger partial charge in [-0.2, -0.15) is 0 Å². The number of methoxy groups -OCH3 is 2. The van der Waals surface area contributed by atoms with E-state index in [-0.39, 0.29) is 5.91 Å². The Kier molecular flexibility index (Phi) is 3.93. The maximum Gasteiger partial charge on any atom is 0.259 e. The molecule has 22 heavy (non-hydrogen) atoms. The van der Waals surface area contributed by atoms with Gasteiger partial charge in [-0.05, 0) is 36.4 Å².